The van der Waals surface area contributed by atoms with Crippen LogP contribution in [0.4, 0.5) is 5.69 Å². The minimum absolute atomic E-state index is 0.0101. The molecule has 0 aromatic heterocycles. The highest BCUT2D eigenvalue weighted by Crippen LogP contribution is 2.35. The highest BCUT2D eigenvalue weighted by molar-refractivity contribution is 5.54. The molecular weight excluding hydrogens is 268 g/mol. The van der Waals surface area contributed by atoms with Crippen molar-refractivity contribution in [1.29, 1.82) is 0 Å². The number of rotatable bonds is 5. The molecule has 0 unspecified atom stereocenters. The topological polar surface area (TPSA) is 64.4 Å². The van der Waals surface area contributed by atoms with Crippen molar-refractivity contribution in [3.63, 3.8) is 0 Å². The van der Waals surface area contributed by atoms with E-state index in [4.69, 9.17) is 4.74 Å². The fourth-order valence-electron chi connectivity index (χ4n) is 2.14. The molecule has 1 N–H and O–H groups in total. The first-order valence-corrected chi connectivity index (χ1v) is 6.69. The van der Waals surface area contributed by atoms with Crippen LogP contribution in [0.5, 0.6) is 11.5 Å². The molecule has 0 fully saturated rings. The fraction of sp³-hybridized carbons (Fsp3) is 0.250. The fourth-order valence-corrected chi connectivity index (χ4v) is 2.14. The standard InChI is InChI=1S/C16H18N2O3/c1-11-7-8-13(10-17-3)9-15(11)21-14-6-4-5-12(2)16(14)18(19)20/h4-9,17H,10H2,1-3H3. The Bertz CT molecular complexity index is 669. The highest BCUT2D eigenvalue weighted by atomic mass is 16.6. The van der Waals surface area contributed by atoms with Crippen molar-refractivity contribution in [3.8, 4) is 11.5 Å². The third kappa shape index (κ3) is 3.38. The molecule has 0 saturated heterocycles. The van der Waals surface area contributed by atoms with Gasteiger partial charge < -0.3 is 10.1 Å². The lowest BCUT2D eigenvalue weighted by Crippen LogP contribution is -2.05. The van der Waals surface area contributed by atoms with E-state index in [1.165, 1.54) is 0 Å². The summed E-state index contributed by atoms with van der Waals surface area (Å²) in [6, 6.07) is 10.9. The van der Waals surface area contributed by atoms with Gasteiger partial charge in [0.2, 0.25) is 5.75 Å². The van der Waals surface area contributed by atoms with Gasteiger partial charge in [0.15, 0.2) is 0 Å². The van der Waals surface area contributed by atoms with Gasteiger partial charge in [-0.2, -0.15) is 0 Å². The summed E-state index contributed by atoms with van der Waals surface area (Å²) in [5.41, 5.74) is 2.59. The second-order valence-corrected chi connectivity index (χ2v) is 4.91. The Morgan fingerprint density at radius 3 is 2.57 bits per heavy atom. The average Bonchev–Trinajstić information content (AvgIpc) is 2.42. The molecule has 2 aromatic rings. The van der Waals surface area contributed by atoms with Gasteiger partial charge in [0, 0.05) is 12.1 Å². The van der Waals surface area contributed by atoms with Crippen molar-refractivity contribution in [1.82, 2.24) is 5.32 Å². The van der Waals surface area contributed by atoms with Gasteiger partial charge in [-0.1, -0.05) is 24.3 Å². The van der Waals surface area contributed by atoms with E-state index in [0.29, 0.717) is 17.9 Å². The van der Waals surface area contributed by atoms with E-state index >= 15 is 0 Å². The van der Waals surface area contributed by atoms with Gasteiger partial charge in [-0.25, -0.2) is 0 Å². The molecule has 0 aliphatic heterocycles. The Balaban J connectivity index is 2.41. The van der Waals surface area contributed by atoms with Crippen molar-refractivity contribution < 1.29 is 9.66 Å². The zero-order valence-electron chi connectivity index (χ0n) is 12.3. The minimum atomic E-state index is -0.405. The van der Waals surface area contributed by atoms with Crippen LogP contribution in [0.15, 0.2) is 36.4 Å². The van der Waals surface area contributed by atoms with Crippen molar-refractivity contribution in [2.24, 2.45) is 0 Å². The lowest BCUT2D eigenvalue weighted by Gasteiger charge is -2.11. The van der Waals surface area contributed by atoms with E-state index in [1.807, 2.05) is 32.2 Å². The van der Waals surface area contributed by atoms with Crippen LogP contribution in [0.3, 0.4) is 0 Å². The van der Waals surface area contributed by atoms with Gasteiger partial charge in [-0.05, 0) is 44.2 Å². The molecule has 5 heteroatoms. The van der Waals surface area contributed by atoms with Crippen LogP contribution in [0.2, 0.25) is 0 Å². The van der Waals surface area contributed by atoms with Gasteiger partial charge in [-0.3, -0.25) is 10.1 Å². The number of aryl methyl sites for hydroxylation is 2. The Hall–Kier alpha value is -2.40. The number of nitro benzene ring substituents is 1. The number of nitrogens with one attached hydrogen (secondary N) is 1. The monoisotopic (exact) mass is 286 g/mol. The largest absolute Gasteiger partial charge is 0.450 e. The van der Waals surface area contributed by atoms with Crippen LogP contribution in [-0.4, -0.2) is 12.0 Å². The Labute approximate surface area is 123 Å². The number of ether oxygens (including phenoxy) is 1. The second-order valence-electron chi connectivity index (χ2n) is 4.91. The van der Waals surface area contributed by atoms with Crippen molar-refractivity contribution in [2.45, 2.75) is 20.4 Å². The van der Waals surface area contributed by atoms with E-state index in [2.05, 4.69) is 5.32 Å². The molecule has 0 aliphatic rings. The number of nitrogens with zero attached hydrogens (tertiary/aromatic N) is 1. The molecular formula is C16H18N2O3. The van der Waals surface area contributed by atoms with E-state index in [-0.39, 0.29) is 11.4 Å². The Kier molecular flexibility index (Phi) is 4.55. The van der Waals surface area contributed by atoms with E-state index in [0.717, 1.165) is 11.1 Å². The first kappa shape index (κ1) is 15.0. The molecule has 0 heterocycles. The summed E-state index contributed by atoms with van der Waals surface area (Å²) >= 11 is 0. The van der Waals surface area contributed by atoms with Crippen LogP contribution in [0.25, 0.3) is 0 Å². The van der Waals surface area contributed by atoms with Crippen LogP contribution in [0, 0.1) is 24.0 Å². The summed E-state index contributed by atoms with van der Waals surface area (Å²) in [6.45, 7) is 4.34. The highest BCUT2D eigenvalue weighted by Gasteiger charge is 2.19. The summed E-state index contributed by atoms with van der Waals surface area (Å²) in [7, 11) is 1.87. The zero-order chi connectivity index (χ0) is 15.4. The quantitative estimate of drug-likeness (QED) is 0.672. The van der Waals surface area contributed by atoms with Crippen LogP contribution < -0.4 is 10.1 Å². The minimum Gasteiger partial charge on any atom is -0.450 e. The molecule has 2 rings (SSSR count). The summed E-state index contributed by atoms with van der Waals surface area (Å²) in [4.78, 5) is 10.8. The first-order chi connectivity index (χ1) is 10.0. The molecule has 0 saturated carbocycles. The zero-order valence-corrected chi connectivity index (χ0v) is 12.3. The molecule has 0 atom stereocenters. The molecule has 21 heavy (non-hydrogen) atoms. The smallest absolute Gasteiger partial charge is 0.314 e. The number of para-hydroxylation sites is 1. The third-order valence-electron chi connectivity index (χ3n) is 3.24. The number of nitro groups is 1. The SMILES string of the molecule is CNCc1ccc(C)c(Oc2cccc(C)c2[N+](=O)[O-])c1. The van der Waals surface area contributed by atoms with Crippen LogP contribution in [0.1, 0.15) is 16.7 Å². The van der Waals surface area contributed by atoms with E-state index in [9.17, 15) is 10.1 Å². The lowest BCUT2D eigenvalue weighted by molar-refractivity contribution is -0.386. The molecule has 110 valence electrons. The second kappa shape index (κ2) is 6.37. The van der Waals surface area contributed by atoms with Crippen LogP contribution in [-0.2, 0) is 6.54 Å². The van der Waals surface area contributed by atoms with E-state index in [1.54, 1.807) is 25.1 Å². The average molecular weight is 286 g/mol. The van der Waals surface area contributed by atoms with Gasteiger partial charge in [0.1, 0.15) is 5.75 Å². The van der Waals surface area contributed by atoms with Crippen molar-refractivity contribution in [3.05, 3.63) is 63.2 Å². The van der Waals surface area contributed by atoms with Gasteiger partial charge in [0.25, 0.3) is 0 Å². The molecule has 5 nitrogen and oxygen atoms in total. The van der Waals surface area contributed by atoms with Gasteiger partial charge in [-0.15, -0.1) is 0 Å². The van der Waals surface area contributed by atoms with Crippen molar-refractivity contribution in [2.75, 3.05) is 7.05 Å². The number of hydrogen-bond donors (Lipinski definition) is 1. The molecule has 0 radical (unpaired) electrons. The predicted molar refractivity (Wildman–Crippen MR) is 81.9 cm³/mol. The maximum Gasteiger partial charge on any atom is 0.314 e. The van der Waals surface area contributed by atoms with Gasteiger partial charge >= 0.3 is 5.69 Å². The van der Waals surface area contributed by atoms with Crippen molar-refractivity contribution >= 4 is 5.69 Å². The molecule has 0 spiro atoms. The summed E-state index contributed by atoms with van der Waals surface area (Å²) in [5.74, 6) is 0.904. The molecule has 0 amide bonds. The van der Waals surface area contributed by atoms with Gasteiger partial charge in [0.05, 0.1) is 4.92 Å². The maximum atomic E-state index is 11.2. The summed E-state index contributed by atoms with van der Waals surface area (Å²) in [5, 5.41) is 14.3. The lowest BCUT2D eigenvalue weighted by atomic mass is 10.1. The third-order valence-corrected chi connectivity index (χ3v) is 3.24. The normalized spacial score (nSPS) is 10.4. The number of hydrogen-bond acceptors (Lipinski definition) is 4. The molecule has 2 aromatic carbocycles. The molecule has 0 bridgehead atoms. The summed E-state index contributed by atoms with van der Waals surface area (Å²) < 4.78 is 5.80. The van der Waals surface area contributed by atoms with Crippen LogP contribution >= 0.6 is 0 Å². The van der Waals surface area contributed by atoms with E-state index < -0.39 is 4.92 Å². The Morgan fingerprint density at radius 2 is 1.90 bits per heavy atom. The Morgan fingerprint density at radius 1 is 1.14 bits per heavy atom. The summed E-state index contributed by atoms with van der Waals surface area (Å²) in [6.07, 6.45) is 0. The maximum absolute atomic E-state index is 11.2. The predicted octanol–water partition coefficient (Wildman–Crippen LogP) is 3.72. The molecule has 0 aliphatic carbocycles. The first-order valence-electron chi connectivity index (χ1n) is 6.69. The number of benzene rings is 2.